The Morgan fingerprint density at radius 3 is 1.77 bits per heavy atom. The van der Waals surface area contributed by atoms with Gasteiger partial charge in [-0.2, -0.15) is 0 Å². The average Bonchev–Trinajstić information content (AvgIpc) is 3.49. The van der Waals surface area contributed by atoms with Crippen molar-refractivity contribution in [3.63, 3.8) is 0 Å². The molecular formula is C33H53Br2Cl4Zr-. The van der Waals surface area contributed by atoms with Gasteiger partial charge in [-0.05, 0) is 110 Å². The van der Waals surface area contributed by atoms with Gasteiger partial charge in [-0.25, -0.2) is 0 Å². The summed E-state index contributed by atoms with van der Waals surface area (Å²) in [5, 5.41) is 1.23. The van der Waals surface area contributed by atoms with Crippen LogP contribution in [0.15, 0.2) is 22.2 Å². The first kappa shape index (κ1) is 42.0. The van der Waals surface area contributed by atoms with Crippen molar-refractivity contribution in [1.82, 2.24) is 0 Å². The Morgan fingerprint density at radius 1 is 0.825 bits per heavy atom. The molecule has 40 heavy (non-hydrogen) atoms. The third kappa shape index (κ3) is 12.4. The van der Waals surface area contributed by atoms with E-state index >= 15 is 0 Å². The first-order chi connectivity index (χ1) is 18.3. The monoisotopic (exact) mass is 837 g/mol. The standard InChI is InChI=1S/C10H16BrCl.C10H8BrCl.C10H20.C2H6.CH3.2ClH.Zr/c2*1-6-2-7-4-8(12)5-10(11)9(7)3-6;1-6-7(2)9(4)10(5)8(6)3;1-2;;;;/h6-10H,2-5H2,1H3;2,4-5H,3H2,1H3;6-10H,1-5H3;1-2H3;1H3;2*1H;/q;;;;-1;;;+2/p-2. The van der Waals surface area contributed by atoms with Crippen LogP contribution in [0, 0.1) is 54.8 Å². The third-order valence-corrected chi connectivity index (χ3v) is 12.0. The van der Waals surface area contributed by atoms with Gasteiger partial charge in [0.25, 0.3) is 0 Å². The number of alkyl halides is 2. The van der Waals surface area contributed by atoms with Crippen LogP contribution in [0.25, 0.3) is 6.08 Å². The fourth-order valence-electron chi connectivity index (χ4n) is 6.93. The quantitative estimate of drug-likeness (QED) is 0.180. The zero-order chi connectivity index (χ0) is 30.0. The van der Waals surface area contributed by atoms with E-state index in [1.807, 2.05) is 26.0 Å². The van der Waals surface area contributed by atoms with Crippen LogP contribution < -0.4 is 0 Å². The minimum absolute atomic E-state index is 0. The Labute approximate surface area is 293 Å². The van der Waals surface area contributed by atoms with E-state index in [-0.39, 0.29) is 7.43 Å². The molecule has 1 aromatic carbocycles. The summed E-state index contributed by atoms with van der Waals surface area (Å²) in [4.78, 5) is 0.698. The number of rotatable bonds is 0. The number of hydrogen-bond acceptors (Lipinski definition) is 0. The molecule has 0 aromatic heterocycles. The van der Waals surface area contributed by atoms with E-state index in [1.165, 1.54) is 42.4 Å². The van der Waals surface area contributed by atoms with Crippen molar-refractivity contribution < 1.29 is 20.8 Å². The zero-order valence-electron chi connectivity index (χ0n) is 26.3. The molecule has 0 radical (unpaired) electrons. The van der Waals surface area contributed by atoms with Crippen LogP contribution in [-0.2, 0) is 27.3 Å². The molecule has 5 atom stereocenters. The molecule has 3 saturated carbocycles. The molecule has 0 nitrogen and oxygen atoms in total. The molecule has 1 aromatic rings. The van der Waals surface area contributed by atoms with Crippen LogP contribution in [0.4, 0.5) is 0 Å². The van der Waals surface area contributed by atoms with Gasteiger partial charge in [0.1, 0.15) is 0 Å². The predicted molar refractivity (Wildman–Crippen MR) is 189 cm³/mol. The maximum absolute atomic E-state index is 6.20. The predicted octanol–water partition coefficient (Wildman–Crippen LogP) is 13.9. The SMILES string of the molecule is CC.CC1=Cc2cc(Cl)cc(Br)c2C1.CC1C(C)C(C)C(C)C1C.CC1CC2CC(Cl)CC(Br)C2C1.[CH3-].[Cl][Zr][Cl]. The summed E-state index contributed by atoms with van der Waals surface area (Å²) in [6, 6.07) is 3.96. The van der Waals surface area contributed by atoms with E-state index in [9.17, 15) is 0 Å². The van der Waals surface area contributed by atoms with Gasteiger partial charge < -0.3 is 7.43 Å². The average molecular weight is 843 g/mol. The molecule has 0 N–H and O–H groups in total. The maximum atomic E-state index is 6.20. The fraction of sp³-hybridized carbons (Fsp3) is 0.727. The first-order valence-electron chi connectivity index (χ1n) is 14.7. The second-order valence-corrected chi connectivity index (χ2v) is 18.9. The van der Waals surface area contributed by atoms with Crippen molar-refractivity contribution in [2.75, 3.05) is 0 Å². The van der Waals surface area contributed by atoms with E-state index in [1.54, 1.807) is 0 Å². The normalized spacial score (nSPS) is 34.8. The summed E-state index contributed by atoms with van der Waals surface area (Å²) in [5.41, 5.74) is 4.01. The zero-order valence-corrected chi connectivity index (χ0v) is 35.0. The van der Waals surface area contributed by atoms with Crippen LogP contribution in [0.2, 0.25) is 5.02 Å². The van der Waals surface area contributed by atoms with E-state index < -0.39 is 20.8 Å². The van der Waals surface area contributed by atoms with Crippen molar-refractivity contribution >= 4 is 78.2 Å². The van der Waals surface area contributed by atoms with Crippen LogP contribution in [0.3, 0.4) is 0 Å². The summed E-state index contributed by atoms with van der Waals surface area (Å²) in [6.07, 6.45) is 8.51. The summed E-state index contributed by atoms with van der Waals surface area (Å²) < 4.78 is 1.12. The second-order valence-electron chi connectivity index (χ2n) is 12.1. The molecule has 0 bridgehead atoms. The molecule has 4 aliphatic carbocycles. The van der Waals surface area contributed by atoms with Crippen LogP contribution >= 0.6 is 72.1 Å². The Balaban J connectivity index is 0.000000523. The Bertz CT molecular complexity index is 851. The van der Waals surface area contributed by atoms with Crippen LogP contribution in [0.1, 0.15) is 99.1 Å². The van der Waals surface area contributed by atoms with Crippen molar-refractivity contribution in [3.05, 3.63) is 45.8 Å². The molecule has 4 aliphatic rings. The van der Waals surface area contributed by atoms with Gasteiger partial charge in [-0.15, -0.1) is 11.6 Å². The molecule has 5 unspecified atom stereocenters. The van der Waals surface area contributed by atoms with Crippen molar-refractivity contribution in [2.45, 2.75) is 105 Å². The summed E-state index contributed by atoms with van der Waals surface area (Å²) in [5.74, 6) is 7.45. The van der Waals surface area contributed by atoms with Gasteiger partial charge >= 0.3 is 37.9 Å². The van der Waals surface area contributed by atoms with E-state index in [2.05, 4.69) is 86.4 Å². The van der Waals surface area contributed by atoms with Crippen molar-refractivity contribution in [2.24, 2.45) is 47.3 Å². The topological polar surface area (TPSA) is 0 Å². The summed E-state index contributed by atoms with van der Waals surface area (Å²) >= 11 is 18.6. The molecule has 0 spiro atoms. The van der Waals surface area contributed by atoms with E-state index in [0.29, 0.717) is 10.2 Å². The van der Waals surface area contributed by atoms with E-state index in [4.69, 9.17) is 40.2 Å². The van der Waals surface area contributed by atoms with Gasteiger partial charge in [-0.3, -0.25) is 0 Å². The molecule has 0 heterocycles. The Hall–Kier alpha value is 1.96. The van der Waals surface area contributed by atoms with Gasteiger partial charge in [0.2, 0.25) is 0 Å². The van der Waals surface area contributed by atoms with Crippen LogP contribution in [0.5, 0.6) is 0 Å². The summed E-state index contributed by atoms with van der Waals surface area (Å²) in [7, 11) is 9.87. The van der Waals surface area contributed by atoms with Gasteiger partial charge in [0, 0.05) is 19.7 Å². The minimum atomic E-state index is -0.826. The molecule has 3 fully saturated rings. The van der Waals surface area contributed by atoms with Crippen LogP contribution in [-0.4, -0.2) is 10.2 Å². The van der Waals surface area contributed by atoms with Crippen molar-refractivity contribution in [1.29, 1.82) is 0 Å². The number of benzene rings is 1. The third-order valence-electron chi connectivity index (χ3n) is 9.69. The number of fused-ring (bicyclic) bond motifs is 2. The molecule has 7 heteroatoms. The summed E-state index contributed by atoms with van der Waals surface area (Å²) in [6.45, 7) is 20.5. The Morgan fingerprint density at radius 2 is 1.30 bits per heavy atom. The number of hydrogen-bond donors (Lipinski definition) is 0. The van der Waals surface area contributed by atoms with Gasteiger partial charge in [-0.1, -0.05) is 110 Å². The fourth-order valence-corrected chi connectivity index (χ4v) is 9.64. The number of allylic oxidation sites excluding steroid dienone is 1. The molecule has 0 aliphatic heterocycles. The molecule has 5 rings (SSSR count). The molecule has 232 valence electrons. The number of halogens is 6. The first-order valence-corrected chi connectivity index (χ1v) is 23.5. The van der Waals surface area contributed by atoms with E-state index in [0.717, 1.165) is 63.3 Å². The molecule has 0 saturated heterocycles. The molecular weight excluding hydrogens is 789 g/mol. The second kappa shape index (κ2) is 20.9. The van der Waals surface area contributed by atoms with Gasteiger partial charge in [0.15, 0.2) is 0 Å². The van der Waals surface area contributed by atoms with Gasteiger partial charge in [0.05, 0.1) is 0 Å². The van der Waals surface area contributed by atoms with Crippen molar-refractivity contribution in [3.8, 4) is 0 Å². The molecule has 0 amide bonds. The Kier molecular flexibility index (Phi) is 21.9.